The Morgan fingerprint density at radius 2 is 2.12 bits per heavy atom. The molecule has 1 aromatic rings. The van der Waals surface area contributed by atoms with Crippen molar-refractivity contribution < 1.29 is 4.74 Å². The van der Waals surface area contributed by atoms with E-state index in [0.29, 0.717) is 17.9 Å². The molecule has 0 saturated carbocycles. The Morgan fingerprint density at radius 1 is 1.41 bits per heavy atom. The number of hydrogen-bond acceptors (Lipinski definition) is 3. The van der Waals surface area contributed by atoms with Crippen LogP contribution in [0.1, 0.15) is 26.5 Å². The van der Waals surface area contributed by atoms with Gasteiger partial charge in [0.1, 0.15) is 0 Å². The summed E-state index contributed by atoms with van der Waals surface area (Å²) in [6.45, 7) is 6.49. The molecule has 5 unspecified atom stereocenters. The summed E-state index contributed by atoms with van der Waals surface area (Å²) in [6, 6.07) is 2.16. The zero-order chi connectivity index (χ0) is 12.6. The standard InChI is InChI=1S/C13H23N3O/c1-8-9(2)17-10(3)13(8)12(14)7-11-5-6-16(4)15-11/h5-6,8-10,12-13H,7,14H2,1-4H3. The molecule has 0 aliphatic carbocycles. The summed E-state index contributed by atoms with van der Waals surface area (Å²) in [5.74, 6) is 0.940. The zero-order valence-electron chi connectivity index (χ0n) is 11.1. The second kappa shape index (κ2) is 4.78. The summed E-state index contributed by atoms with van der Waals surface area (Å²) >= 11 is 0. The third-order valence-electron chi connectivity index (χ3n) is 4.03. The second-order valence-electron chi connectivity index (χ2n) is 5.33. The van der Waals surface area contributed by atoms with Crippen molar-refractivity contribution in [3.8, 4) is 0 Å². The van der Waals surface area contributed by atoms with Gasteiger partial charge in [0.05, 0.1) is 17.9 Å². The van der Waals surface area contributed by atoms with Crippen molar-refractivity contribution in [2.45, 2.75) is 45.4 Å². The van der Waals surface area contributed by atoms with Crippen LogP contribution in [0.3, 0.4) is 0 Å². The molecule has 2 heterocycles. The Hall–Kier alpha value is -0.870. The highest BCUT2D eigenvalue weighted by molar-refractivity contribution is 5.03. The van der Waals surface area contributed by atoms with Crippen LogP contribution >= 0.6 is 0 Å². The van der Waals surface area contributed by atoms with Crippen LogP contribution in [0.5, 0.6) is 0 Å². The minimum absolute atomic E-state index is 0.125. The van der Waals surface area contributed by atoms with E-state index in [9.17, 15) is 0 Å². The molecule has 0 aromatic carbocycles. The first-order chi connectivity index (χ1) is 7.99. The highest BCUT2D eigenvalue weighted by Crippen LogP contribution is 2.34. The SMILES string of the molecule is CC1OC(C)C(C(N)Cc2ccn(C)n2)C1C. The largest absolute Gasteiger partial charge is 0.375 e. The van der Waals surface area contributed by atoms with Crippen molar-refractivity contribution in [2.24, 2.45) is 24.6 Å². The number of rotatable bonds is 3. The van der Waals surface area contributed by atoms with E-state index in [1.54, 1.807) is 0 Å². The van der Waals surface area contributed by atoms with E-state index in [2.05, 4.69) is 25.9 Å². The zero-order valence-corrected chi connectivity index (χ0v) is 11.1. The number of nitrogens with zero attached hydrogens (tertiary/aromatic N) is 2. The van der Waals surface area contributed by atoms with Crippen LogP contribution in [-0.4, -0.2) is 28.0 Å². The number of nitrogens with two attached hydrogens (primary N) is 1. The molecule has 1 fully saturated rings. The maximum absolute atomic E-state index is 6.33. The van der Waals surface area contributed by atoms with E-state index in [1.165, 1.54) is 0 Å². The van der Waals surface area contributed by atoms with Gasteiger partial charge in [-0.1, -0.05) is 6.92 Å². The van der Waals surface area contributed by atoms with E-state index in [1.807, 2.05) is 24.0 Å². The van der Waals surface area contributed by atoms with Gasteiger partial charge in [-0.15, -0.1) is 0 Å². The monoisotopic (exact) mass is 237 g/mol. The third kappa shape index (κ3) is 2.53. The summed E-state index contributed by atoms with van der Waals surface area (Å²) in [5.41, 5.74) is 7.40. The quantitative estimate of drug-likeness (QED) is 0.863. The fourth-order valence-electron chi connectivity index (χ4n) is 2.98. The van der Waals surface area contributed by atoms with Gasteiger partial charge in [0, 0.05) is 31.6 Å². The molecule has 0 bridgehead atoms. The van der Waals surface area contributed by atoms with Gasteiger partial charge in [-0.2, -0.15) is 5.10 Å². The van der Waals surface area contributed by atoms with E-state index >= 15 is 0 Å². The van der Waals surface area contributed by atoms with E-state index in [4.69, 9.17) is 10.5 Å². The Balaban J connectivity index is 2.02. The molecule has 2 N–H and O–H groups in total. The van der Waals surface area contributed by atoms with Crippen LogP contribution in [0.15, 0.2) is 12.3 Å². The van der Waals surface area contributed by atoms with Gasteiger partial charge in [0.15, 0.2) is 0 Å². The van der Waals surface area contributed by atoms with Gasteiger partial charge in [-0.05, 0) is 25.8 Å². The molecule has 1 saturated heterocycles. The second-order valence-corrected chi connectivity index (χ2v) is 5.33. The predicted octanol–water partition coefficient (Wildman–Crippen LogP) is 1.35. The van der Waals surface area contributed by atoms with Gasteiger partial charge >= 0.3 is 0 Å². The van der Waals surface area contributed by atoms with Crippen molar-refractivity contribution in [1.29, 1.82) is 0 Å². The van der Waals surface area contributed by atoms with Crippen LogP contribution in [0.4, 0.5) is 0 Å². The molecule has 2 rings (SSSR count). The van der Waals surface area contributed by atoms with Crippen molar-refractivity contribution in [3.05, 3.63) is 18.0 Å². The predicted molar refractivity (Wildman–Crippen MR) is 67.6 cm³/mol. The van der Waals surface area contributed by atoms with Gasteiger partial charge in [0.2, 0.25) is 0 Å². The highest BCUT2D eigenvalue weighted by atomic mass is 16.5. The van der Waals surface area contributed by atoms with Gasteiger partial charge in [-0.3, -0.25) is 4.68 Å². The summed E-state index contributed by atoms with van der Waals surface area (Å²) in [5, 5.41) is 4.39. The van der Waals surface area contributed by atoms with Crippen LogP contribution in [0.25, 0.3) is 0 Å². The molecule has 1 aliphatic rings. The summed E-state index contributed by atoms with van der Waals surface area (Å²) in [4.78, 5) is 0. The van der Waals surface area contributed by atoms with Crippen molar-refractivity contribution in [1.82, 2.24) is 9.78 Å². The molecule has 1 aliphatic heterocycles. The van der Waals surface area contributed by atoms with Crippen LogP contribution in [-0.2, 0) is 18.2 Å². The maximum atomic E-state index is 6.33. The third-order valence-corrected chi connectivity index (χ3v) is 4.03. The molecule has 4 heteroatoms. The molecule has 5 atom stereocenters. The first-order valence-electron chi connectivity index (χ1n) is 6.38. The molecule has 1 aromatic heterocycles. The fraction of sp³-hybridized carbons (Fsp3) is 0.769. The average Bonchev–Trinajstić information content (AvgIpc) is 2.73. The highest BCUT2D eigenvalue weighted by Gasteiger charge is 2.40. The number of aryl methyl sites for hydroxylation is 1. The molecule has 96 valence electrons. The lowest BCUT2D eigenvalue weighted by atomic mass is 9.82. The van der Waals surface area contributed by atoms with E-state index < -0.39 is 0 Å². The molecule has 0 spiro atoms. The first-order valence-corrected chi connectivity index (χ1v) is 6.38. The number of hydrogen-bond donors (Lipinski definition) is 1. The maximum Gasteiger partial charge on any atom is 0.0640 e. The Morgan fingerprint density at radius 3 is 2.59 bits per heavy atom. The minimum Gasteiger partial charge on any atom is -0.375 e. The lowest BCUT2D eigenvalue weighted by molar-refractivity contribution is 0.0490. The minimum atomic E-state index is 0.125. The van der Waals surface area contributed by atoms with Crippen LogP contribution in [0, 0.1) is 11.8 Å². The molecule has 0 radical (unpaired) electrons. The number of ether oxygens (including phenoxy) is 1. The first kappa shape index (κ1) is 12.6. The van der Waals surface area contributed by atoms with Crippen LogP contribution < -0.4 is 5.73 Å². The molecule has 4 nitrogen and oxygen atoms in total. The molecular formula is C13H23N3O. The molecule has 17 heavy (non-hydrogen) atoms. The number of aromatic nitrogens is 2. The summed E-state index contributed by atoms with van der Waals surface area (Å²) in [7, 11) is 1.93. The topological polar surface area (TPSA) is 53.1 Å². The van der Waals surface area contributed by atoms with Crippen molar-refractivity contribution in [3.63, 3.8) is 0 Å². The molecular weight excluding hydrogens is 214 g/mol. The summed E-state index contributed by atoms with van der Waals surface area (Å²) < 4.78 is 7.67. The van der Waals surface area contributed by atoms with Crippen molar-refractivity contribution in [2.75, 3.05) is 0 Å². The molecule has 0 amide bonds. The van der Waals surface area contributed by atoms with Crippen LogP contribution in [0.2, 0.25) is 0 Å². The Bertz CT molecular complexity index is 376. The Labute approximate surface area is 103 Å². The van der Waals surface area contributed by atoms with Gasteiger partial charge in [0.25, 0.3) is 0 Å². The average molecular weight is 237 g/mol. The Kier molecular flexibility index (Phi) is 3.54. The van der Waals surface area contributed by atoms with Crippen molar-refractivity contribution >= 4 is 0 Å². The van der Waals surface area contributed by atoms with Gasteiger partial charge < -0.3 is 10.5 Å². The van der Waals surface area contributed by atoms with E-state index in [-0.39, 0.29) is 12.1 Å². The lowest BCUT2D eigenvalue weighted by Crippen LogP contribution is -2.39. The summed E-state index contributed by atoms with van der Waals surface area (Å²) in [6.07, 6.45) is 3.35. The normalized spacial score (nSPS) is 35.1. The van der Waals surface area contributed by atoms with E-state index in [0.717, 1.165) is 12.1 Å². The van der Waals surface area contributed by atoms with Gasteiger partial charge in [-0.25, -0.2) is 0 Å². The fourth-order valence-corrected chi connectivity index (χ4v) is 2.98. The smallest absolute Gasteiger partial charge is 0.0640 e. The lowest BCUT2D eigenvalue weighted by Gasteiger charge is -2.25.